The molecule has 1 aliphatic carbocycles. The maximum Gasteiger partial charge on any atom is 0.223 e. The van der Waals surface area contributed by atoms with Crippen LogP contribution in [0.1, 0.15) is 75.7 Å². The molecule has 0 spiro atoms. The van der Waals surface area contributed by atoms with Gasteiger partial charge in [0.05, 0.1) is 13.2 Å². The first-order valence-electron chi connectivity index (χ1n) is 13.7. The van der Waals surface area contributed by atoms with Gasteiger partial charge >= 0.3 is 0 Å². The molecule has 0 radical (unpaired) electrons. The number of rotatable bonds is 7. The van der Waals surface area contributed by atoms with E-state index in [4.69, 9.17) is 9.47 Å². The van der Waals surface area contributed by atoms with E-state index in [2.05, 4.69) is 22.3 Å². The third kappa shape index (κ3) is 5.76. The lowest BCUT2D eigenvalue weighted by molar-refractivity contribution is -0.138. The lowest BCUT2D eigenvalue weighted by Gasteiger charge is -2.37. The summed E-state index contributed by atoms with van der Waals surface area (Å²) in [4.78, 5) is 30.4. The predicted octanol–water partition coefficient (Wildman–Crippen LogP) is 3.71. The zero-order chi connectivity index (χ0) is 24.2. The van der Waals surface area contributed by atoms with E-state index in [1.807, 2.05) is 11.0 Å². The van der Waals surface area contributed by atoms with Gasteiger partial charge in [-0.05, 0) is 88.6 Å². The average Bonchev–Trinajstić information content (AvgIpc) is 3.60. The highest BCUT2D eigenvalue weighted by molar-refractivity contribution is 5.86. The Balaban J connectivity index is 1.18. The second-order valence-corrected chi connectivity index (χ2v) is 10.9. The lowest BCUT2D eigenvalue weighted by atomic mass is 9.83. The number of amides is 2. The maximum atomic E-state index is 13.1. The van der Waals surface area contributed by atoms with Crippen molar-refractivity contribution in [2.24, 2.45) is 5.92 Å². The molecule has 1 aromatic carbocycles. The zero-order valence-corrected chi connectivity index (χ0v) is 21.2. The molecule has 3 aliphatic heterocycles. The summed E-state index contributed by atoms with van der Waals surface area (Å²) < 4.78 is 11.8. The van der Waals surface area contributed by atoms with E-state index in [0.717, 1.165) is 55.8 Å². The largest absolute Gasteiger partial charge is 0.493 e. The molecule has 3 heterocycles. The highest BCUT2D eigenvalue weighted by Gasteiger charge is 2.34. The number of carbonyl (C=O) groups excluding carboxylic acids is 2. The summed E-state index contributed by atoms with van der Waals surface area (Å²) in [5, 5.41) is 3.07. The van der Waals surface area contributed by atoms with E-state index < -0.39 is 0 Å². The minimum absolute atomic E-state index is 0.0116. The lowest BCUT2D eigenvalue weighted by Crippen LogP contribution is -2.47. The standard InChI is InChI=1S/C28H41N3O4/c1-34-25-9-8-20(17-26(25)35-24-6-2-3-7-24)22-16-21(28(33)29-19-22)18-27(32)31-14-10-23(11-15-31)30-12-4-5-13-30/h8-9,17,21-24H,2-7,10-16,18-19H2,1H3,(H,29,33)/t21?,22-/m1/s1. The van der Waals surface area contributed by atoms with Gasteiger partial charge in [0.25, 0.3) is 0 Å². The summed E-state index contributed by atoms with van der Waals surface area (Å²) in [5.41, 5.74) is 1.14. The van der Waals surface area contributed by atoms with Crippen molar-refractivity contribution in [2.75, 3.05) is 39.8 Å². The van der Waals surface area contributed by atoms with Crippen molar-refractivity contribution in [3.63, 3.8) is 0 Å². The zero-order valence-electron chi connectivity index (χ0n) is 21.2. The molecule has 1 N–H and O–H groups in total. The molecule has 3 saturated heterocycles. The van der Waals surface area contributed by atoms with E-state index >= 15 is 0 Å². The normalized spacial score (nSPS) is 26.7. The summed E-state index contributed by atoms with van der Waals surface area (Å²) >= 11 is 0. The van der Waals surface area contributed by atoms with Crippen LogP contribution in [0.25, 0.3) is 0 Å². The fourth-order valence-electron chi connectivity index (χ4n) is 6.48. The Kier molecular flexibility index (Phi) is 7.81. The number of nitrogens with one attached hydrogen (secondary N) is 1. The van der Waals surface area contributed by atoms with E-state index in [9.17, 15) is 9.59 Å². The van der Waals surface area contributed by atoms with Gasteiger partial charge < -0.3 is 24.6 Å². The maximum absolute atomic E-state index is 13.1. The van der Waals surface area contributed by atoms with Crippen LogP contribution in [0.5, 0.6) is 11.5 Å². The van der Waals surface area contributed by atoms with Gasteiger partial charge in [0, 0.05) is 43.9 Å². The first-order valence-corrected chi connectivity index (χ1v) is 13.7. The average molecular weight is 484 g/mol. The quantitative estimate of drug-likeness (QED) is 0.640. The number of methoxy groups -OCH3 is 1. The summed E-state index contributed by atoms with van der Waals surface area (Å²) in [6, 6.07) is 6.76. The highest BCUT2D eigenvalue weighted by atomic mass is 16.5. The van der Waals surface area contributed by atoms with Gasteiger partial charge in [-0.3, -0.25) is 9.59 Å². The van der Waals surface area contributed by atoms with Crippen molar-refractivity contribution in [1.29, 1.82) is 0 Å². The van der Waals surface area contributed by atoms with Gasteiger partial charge in [-0.15, -0.1) is 0 Å². The molecule has 4 aliphatic rings. The molecule has 2 atom stereocenters. The Morgan fingerprint density at radius 1 is 1.00 bits per heavy atom. The molecule has 1 aromatic rings. The van der Waals surface area contributed by atoms with Gasteiger partial charge in [0.15, 0.2) is 11.5 Å². The number of ether oxygens (including phenoxy) is 2. The first-order chi connectivity index (χ1) is 17.1. The first kappa shape index (κ1) is 24.4. The molecule has 4 fully saturated rings. The molecule has 0 bridgehead atoms. The van der Waals surface area contributed by atoms with Crippen molar-refractivity contribution in [2.45, 2.75) is 82.3 Å². The number of hydrogen-bond donors (Lipinski definition) is 1. The second kappa shape index (κ2) is 11.2. The van der Waals surface area contributed by atoms with Crippen LogP contribution in [0.15, 0.2) is 18.2 Å². The van der Waals surface area contributed by atoms with E-state index in [-0.39, 0.29) is 29.8 Å². The van der Waals surface area contributed by atoms with Crippen LogP contribution in [0.4, 0.5) is 0 Å². The fraction of sp³-hybridized carbons (Fsp3) is 0.714. The minimum atomic E-state index is -0.279. The van der Waals surface area contributed by atoms with Crippen LogP contribution >= 0.6 is 0 Å². The molecule has 192 valence electrons. The second-order valence-electron chi connectivity index (χ2n) is 10.9. The smallest absolute Gasteiger partial charge is 0.223 e. The topological polar surface area (TPSA) is 71.1 Å². The fourth-order valence-corrected chi connectivity index (χ4v) is 6.48. The van der Waals surface area contributed by atoms with Crippen LogP contribution < -0.4 is 14.8 Å². The van der Waals surface area contributed by atoms with E-state index in [1.54, 1.807) is 7.11 Å². The number of benzene rings is 1. The van der Waals surface area contributed by atoms with Crippen LogP contribution in [-0.4, -0.2) is 73.6 Å². The summed E-state index contributed by atoms with van der Waals surface area (Å²) in [6.45, 7) is 4.65. The van der Waals surface area contributed by atoms with E-state index in [1.165, 1.54) is 38.8 Å². The third-order valence-electron chi connectivity index (χ3n) is 8.61. The number of hydrogen-bond acceptors (Lipinski definition) is 5. The Labute approximate surface area is 209 Å². The Morgan fingerprint density at radius 2 is 1.74 bits per heavy atom. The van der Waals surface area contributed by atoms with Crippen molar-refractivity contribution in [3.8, 4) is 11.5 Å². The highest BCUT2D eigenvalue weighted by Crippen LogP contribution is 2.37. The van der Waals surface area contributed by atoms with E-state index in [0.29, 0.717) is 25.4 Å². The molecule has 5 rings (SSSR count). The summed E-state index contributed by atoms with van der Waals surface area (Å²) in [7, 11) is 1.67. The minimum Gasteiger partial charge on any atom is -0.493 e. The van der Waals surface area contributed by atoms with Gasteiger partial charge in [0.2, 0.25) is 11.8 Å². The van der Waals surface area contributed by atoms with Crippen molar-refractivity contribution >= 4 is 11.8 Å². The number of piperidine rings is 2. The molecule has 1 saturated carbocycles. The van der Waals surface area contributed by atoms with Crippen molar-refractivity contribution < 1.29 is 19.1 Å². The van der Waals surface area contributed by atoms with Gasteiger partial charge in [0.1, 0.15) is 0 Å². The molecule has 0 aromatic heterocycles. The van der Waals surface area contributed by atoms with Crippen LogP contribution in [-0.2, 0) is 9.59 Å². The van der Waals surface area contributed by atoms with Crippen molar-refractivity contribution in [1.82, 2.24) is 15.1 Å². The number of nitrogens with zero attached hydrogens (tertiary/aromatic N) is 2. The molecule has 1 unspecified atom stereocenters. The molecule has 2 amide bonds. The SMILES string of the molecule is COc1ccc([C@H]2CNC(=O)C(CC(=O)N3CCC(N4CCCC4)CC3)C2)cc1OC1CCCC1. The van der Waals surface area contributed by atoms with Crippen LogP contribution in [0, 0.1) is 5.92 Å². The summed E-state index contributed by atoms with van der Waals surface area (Å²) in [6.07, 6.45) is 10.6. The number of carbonyl (C=O) groups is 2. The predicted molar refractivity (Wildman–Crippen MR) is 135 cm³/mol. The third-order valence-corrected chi connectivity index (χ3v) is 8.61. The van der Waals surface area contributed by atoms with Crippen molar-refractivity contribution in [3.05, 3.63) is 23.8 Å². The monoisotopic (exact) mass is 483 g/mol. The molecular formula is C28H41N3O4. The number of likely N-dealkylation sites (tertiary alicyclic amines) is 2. The van der Waals surface area contributed by atoms with Gasteiger partial charge in [-0.1, -0.05) is 6.07 Å². The Morgan fingerprint density at radius 3 is 2.46 bits per heavy atom. The van der Waals surface area contributed by atoms with Crippen LogP contribution in [0.3, 0.4) is 0 Å². The Hall–Kier alpha value is -2.28. The Bertz CT molecular complexity index is 886. The van der Waals surface area contributed by atoms with Crippen LogP contribution in [0.2, 0.25) is 0 Å². The molecule has 35 heavy (non-hydrogen) atoms. The molecule has 7 nitrogen and oxygen atoms in total. The van der Waals surface area contributed by atoms with Gasteiger partial charge in [-0.2, -0.15) is 0 Å². The summed E-state index contributed by atoms with van der Waals surface area (Å²) in [5.74, 6) is 1.58. The molecule has 7 heteroatoms. The molecular weight excluding hydrogens is 442 g/mol. The van der Waals surface area contributed by atoms with Gasteiger partial charge in [-0.25, -0.2) is 0 Å².